The molecule has 2 nitrogen and oxygen atoms in total. The van der Waals surface area contributed by atoms with E-state index in [1.165, 1.54) is 76.4 Å². The van der Waals surface area contributed by atoms with E-state index in [9.17, 15) is 0 Å². The summed E-state index contributed by atoms with van der Waals surface area (Å²) in [6.45, 7) is 0. The van der Waals surface area contributed by atoms with Gasteiger partial charge in [0.15, 0.2) is 0 Å². The predicted molar refractivity (Wildman–Crippen MR) is 239 cm³/mol. The number of aromatic nitrogens is 1. The Bertz CT molecular complexity index is 3110. The highest BCUT2D eigenvalue weighted by Crippen LogP contribution is 2.45. The van der Waals surface area contributed by atoms with E-state index in [2.05, 4.69) is 228 Å². The highest BCUT2D eigenvalue weighted by Gasteiger charge is 2.19. The molecule has 2 heteroatoms. The van der Waals surface area contributed by atoms with Crippen molar-refractivity contribution < 1.29 is 0 Å². The molecule has 1 aromatic heterocycles. The summed E-state index contributed by atoms with van der Waals surface area (Å²) in [6.07, 6.45) is 0. The quantitative estimate of drug-likeness (QED) is 0.156. The SMILES string of the molecule is c1ccc(-c2c3ccccc3c(-c3ccc(N(c4ccc(-n5c6ccccc6c6ccccc65)cc4)c4cccc5ccccc45)cc3)c3ccccc23)cc1. The zero-order valence-corrected chi connectivity index (χ0v) is 30.7. The zero-order valence-electron chi connectivity index (χ0n) is 30.7. The lowest BCUT2D eigenvalue weighted by Gasteiger charge is -2.27. The minimum absolute atomic E-state index is 1.10. The van der Waals surface area contributed by atoms with Crippen LogP contribution in [0.3, 0.4) is 0 Å². The molecular formula is C54H36N2. The molecule has 0 saturated carbocycles. The van der Waals surface area contributed by atoms with E-state index in [0.29, 0.717) is 0 Å². The number of benzene rings is 10. The van der Waals surface area contributed by atoms with Crippen LogP contribution in [0.5, 0.6) is 0 Å². The van der Waals surface area contributed by atoms with E-state index >= 15 is 0 Å². The second-order valence-corrected chi connectivity index (χ2v) is 14.5. The molecule has 10 aromatic carbocycles. The lowest BCUT2D eigenvalue weighted by Crippen LogP contribution is -2.10. The van der Waals surface area contributed by atoms with Crippen molar-refractivity contribution in [2.24, 2.45) is 0 Å². The van der Waals surface area contributed by atoms with Gasteiger partial charge in [0.2, 0.25) is 0 Å². The summed E-state index contributed by atoms with van der Waals surface area (Å²) >= 11 is 0. The second kappa shape index (κ2) is 13.2. The van der Waals surface area contributed by atoms with E-state index in [1.54, 1.807) is 0 Å². The van der Waals surface area contributed by atoms with Gasteiger partial charge in [-0.2, -0.15) is 0 Å². The first-order chi connectivity index (χ1) is 27.8. The Hall–Kier alpha value is -7.42. The summed E-state index contributed by atoms with van der Waals surface area (Å²) < 4.78 is 2.38. The molecule has 11 aromatic rings. The van der Waals surface area contributed by atoms with Gasteiger partial charge in [-0.1, -0.05) is 164 Å². The lowest BCUT2D eigenvalue weighted by molar-refractivity contribution is 1.17. The van der Waals surface area contributed by atoms with Gasteiger partial charge < -0.3 is 9.47 Å². The molecule has 0 N–H and O–H groups in total. The average Bonchev–Trinajstić information content (AvgIpc) is 3.61. The number of fused-ring (bicyclic) bond motifs is 6. The largest absolute Gasteiger partial charge is 0.310 e. The fourth-order valence-electron chi connectivity index (χ4n) is 8.91. The Kier molecular flexibility index (Phi) is 7.53. The summed E-state index contributed by atoms with van der Waals surface area (Å²) in [4.78, 5) is 2.40. The van der Waals surface area contributed by atoms with Gasteiger partial charge in [-0.05, 0) is 104 Å². The highest BCUT2D eigenvalue weighted by atomic mass is 15.1. The summed E-state index contributed by atoms with van der Waals surface area (Å²) in [6, 6.07) is 79.4. The smallest absolute Gasteiger partial charge is 0.0541 e. The standard InChI is InChI=1S/C54H36N2/c1-2-16-38(17-3-1)53-46-22-6-8-24-48(46)54(49-25-9-7-23-47(49)53)39-29-31-40(32-30-39)55(50-28-14-18-37-15-4-5-19-43(37)50)41-33-35-42(36-34-41)56-51-26-12-10-20-44(51)45-21-11-13-27-52(45)56/h1-36H. The van der Waals surface area contributed by atoms with Crippen molar-refractivity contribution >= 4 is 71.2 Å². The molecular weight excluding hydrogens is 677 g/mol. The molecule has 0 saturated heterocycles. The predicted octanol–water partition coefficient (Wildman–Crippen LogP) is 15.0. The molecule has 0 aliphatic heterocycles. The summed E-state index contributed by atoms with van der Waals surface area (Å²) in [7, 11) is 0. The van der Waals surface area contributed by atoms with Crippen LogP contribution in [0.2, 0.25) is 0 Å². The van der Waals surface area contributed by atoms with Crippen LogP contribution in [0, 0.1) is 0 Å². The summed E-state index contributed by atoms with van der Waals surface area (Å²) in [5.41, 5.74) is 11.9. The van der Waals surface area contributed by atoms with Gasteiger partial charge in [0.05, 0.1) is 16.7 Å². The maximum Gasteiger partial charge on any atom is 0.0541 e. The molecule has 56 heavy (non-hydrogen) atoms. The number of anilines is 3. The Balaban J connectivity index is 1.07. The Labute approximate surface area is 325 Å². The molecule has 0 atom stereocenters. The minimum Gasteiger partial charge on any atom is -0.310 e. The van der Waals surface area contributed by atoms with Crippen molar-refractivity contribution in [1.29, 1.82) is 0 Å². The van der Waals surface area contributed by atoms with Crippen molar-refractivity contribution in [3.8, 4) is 27.9 Å². The van der Waals surface area contributed by atoms with E-state index in [0.717, 1.165) is 22.7 Å². The van der Waals surface area contributed by atoms with Crippen LogP contribution in [0.25, 0.3) is 82.1 Å². The number of hydrogen-bond donors (Lipinski definition) is 0. The molecule has 0 radical (unpaired) electrons. The van der Waals surface area contributed by atoms with Crippen LogP contribution >= 0.6 is 0 Å². The monoisotopic (exact) mass is 712 g/mol. The van der Waals surface area contributed by atoms with Crippen LogP contribution in [0.15, 0.2) is 218 Å². The van der Waals surface area contributed by atoms with E-state index in [4.69, 9.17) is 0 Å². The van der Waals surface area contributed by atoms with E-state index in [1.807, 2.05) is 0 Å². The van der Waals surface area contributed by atoms with Crippen LogP contribution in [0.4, 0.5) is 17.1 Å². The third-order valence-corrected chi connectivity index (χ3v) is 11.4. The Morgan fingerprint density at radius 1 is 0.286 bits per heavy atom. The molecule has 0 spiro atoms. The maximum absolute atomic E-state index is 2.40. The van der Waals surface area contributed by atoms with Crippen molar-refractivity contribution in [1.82, 2.24) is 4.57 Å². The van der Waals surface area contributed by atoms with Gasteiger partial charge >= 0.3 is 0 Å². The number of rotatable bonds is 6. The molecule has 262 valence electrons. The lowest BCUT2D eigenvalue weighted by atomic mass is 9.86. The first kappa shape index (κ1) is 32.0. The van der Waals surface area contributed by atoms with Crippen molar-refractivity contribution in [2.75, 3.05) is 4.90 Å². The number of para-hydroxylation sites is 2. The summed E-state index contributed by atoms with van der Waals surface area (Å²) in [5, 5.41) is 9.98. The van der Waals surface area contributed by atoms with E-state index < -0.39 is 0 Å². The van der Waals surface area contributed by atoms with Crippen LogP contribution in [0.1, 0.15) is 0 Å². The topological polar surface area (TPSA) is 8.17 Å². The minimum atomic E-state index is 1.10. The second-order valence-electron chi connectivity index (χ2n) is 14.5. The highest BCUT2D eigenvalue weighted by molar-refractivity contribution is 6.21. The first-order valence-corrected chi connectivity index (χ1v) is 19.3. The fourth-order valence-corrected chi connectivity index (χ4v) is 8.91. The van der Waals surface area contributed by atoms with Gasteiger partial charge in [0.1, 0.15) is 0 Å². The number of hydrogen-bond acceptors (Lipinski definition) is 1. The van der Waals surface area contributed by atoms with Crippen molar-refractivity contribution in [3.05, 3.63) is 218 Å². The van der Waals surface area contributed by atoms with Gasteiger partial charge in [-0.15, -0.1) is 0 Å². The van der Waals surface area contributed by atoms with Crippen molar-refractivity contribution in [2.45, 2.75) is 0 Å². The van der Waals surface area contributed by atoms with E-state index in [-0.39, 0.29) is 0 Å². The van der Waals surface area contributed by atoms with Crippen LogP contribution in [-0.4, -0.2) is 4.57 Å². The van der Waals surface area contributed by atoms with Gasteiger partial charge in [-0.25, -0.2) is 0 Å². The van der Waals surface area contributed by atoms with Crippen LogP contribution < -0.4 is 4.90 Å². The maximum atomic E-state index is 2.40. The van der Waals surface area contributed by atoms with Crippen molar-refractivity contribution in [3.63, 3.8) is 0 Å². The fraction of sp³-hybridized carbons (Fsp3) is 0. The molecule has 11 rings (SSSR count). The van der Waals surface area contributed by atoms with Crippen LogP contribution in [-0.2, 0) is 0 Å². The molecule has 0 bridgehead atoms. The zero-order chi connectivity index (χ0) is 37.0. The van der Waals surface area contributed by atoms with Gasteiger partial charge in [0.25, 0.3) is 0 Å². The third-order valence-electron chi connectivity index (χ3n) is 11.4. The number of nitrogens with zero attached hydrogens (tertiary/aromatic N) is 2. The molecule has 1 heterocycles. The Morgan fingerprint density at radius 2 is 0.696 bits per heavy atom. The first-order valence-electron chi connectivity index (χ1n) is 19.3. The summed E-state index contributed by atoms with van der Waals surface area (Å²) in [5.74, 6) is 0. The Morgan fingerprint density at radius 3 is 1.25 bits per heavy atom. The van der Waals surface area contributed by atoms with Gasteiger partial charge in [0, 0.05) is 33.2 Å². The average molecular weight is 713 g/mol. The van der Waals surface area contributed by atoms with Gasteiger partial charge in [-0.3, -0.25) is 0 Å². The molecule has 0 aliphatic carbocycles. The molecule has 0 amide bonds. The molecule has 0 unspecified atom stereocenters. The normalized spacial score (nSPS) is 11.6. The molecule has 0 fully saturated rings. The molecule has 0 aliphatic rings. The third kappa shape index (κ3) is 5.11.